The molecule has 1 aromatic heterocycles. The standard InChI is InChI=1S/C23H22N2O3S/c1-2-28-18-11-9-17(10-12-18)24-22(26)14-20(21-8-5-13-29-21)25-15-16-6-3-4-7-19(16)23(25)27/h3-13,20H,2,14-15H2,1H3,(H,24,26)/t20-/m0/s1. The summed E-state index contributed by atoms with van der Waals surface area (Å²) < 4.78 is 5.43. The Morgan fingerprint density at radius 2 is 1.93 bits per heavy atom. The van der Waals surface area contributed by atoms with Crippen LogP contribution in [0.4, 0.5) is 5.69 Å². The van der Waals surface area contributed by atoms with E-state index in [1.54, 1.807) is 16.2 Å². The van der Waals surface area contributed by atoms with Gasteiger partial charge in [-0.25, -0.2) is 0 Å². The molecule has 3 aromatic rings. The van der Waals surface area contributed by atoms with Crippen molar-refractivity contribution < 1.29 is 14.3 Å². The average Bonchev–Trinajstić information content (AvgIpc) is 3.37. The SMILES string of the molecule is CCOc1ccc(NC(=O)C[C@@H](c2cccs2)N2Cc3ccccc3C2=O)cc1. The maximum atomic E-state index is 13.0. The Morgan fingerprint density at radius 3 is 2.62 bits per heavy atom. The molecule has 0 fully saturated rings. The molecule has 29 heavy (non-hydrogen) atoms. The van der Waals surface area contributed by atoms with Gasteiger partial charge in [-0.1, -0.05) is 24.3 Å². The van der Waals surface area contributed by atoms with E-state index in [4.69, 9.17) is 4.74 Å². The molecule has 148 valence electrons. The zero-order chi connectivity index (χ0) is 20.2. The van der Waals surface area contributed by atoms with Gasteiger partial charge in [-0.2, -0.15) is 0 Å². The quantitative estimate of drug-likeness (QED) is 0.609. The Morgan fingerprint density at radius 1 is 1.14 bits per heavy atom. The Balaban J connectivity index is 1.50. The van der Waals surface area contributed by atoms with E-state index in [1.807, 2.05) is 73.0 Å². The number of rotatable bonds is 7. The topological polar surface area (TPSA) is 58.6 Å². The van der Waals surface area contributed by atoms with E-state index in [0.717, 1.165) is 21.8 Å². The molecule has 0 saturated heterocycles. The van der Waals surface area contributed by atoms with Gasteiger partial charge in [-0.3, -0.25) is 9.59 Å². The molecule has 1 atom stereocenters. The minimum atomic E-state index is -0.294. The molecule has 2 aromatic carbocycles. The van der Waals surface area contributed by atoms with Crippen LogP contribution in [0.2, 0.25) is 0 Å². The molecule has 2 heterocycles. The van der Waals surface area contributed by atoms with Crippen LogP contribution in [0, 0.1) is 0 Å². The van der Waals surface area contributed by atoms with Gasteiger partial charge < -0.3 is 15.0 Å². The van der Waals surface area contributed by atoms with Gasteiger partial charge in [0.1, 0.15) is 5.75 Å². The first-order valence-corrected chi connectivity index (χ1v) is 10.5. The van der Waals surface area contributed by atoms with Gasteiger partial charge in [0.25, 0.3) is 5.91 Å². The number of carbonyl (C=O) groups excluding carboxylic acids is 2. The van der Waals surface area contributed by atoms with E-state index in [1.165, 1.54) is 0 Å². The maximum Gasteiger partial charge on any atom is 0.255 e. The number of hydrogen-bond donors (Lipinski definition) is 1. The number of ether oxygens (including phenoxy) is 1. The van der Waals surface area contributed by atoms with Crippen LogP contribution in [-0.2, 0) is 11.3 Å². The molecule has 0 aliphatic carbocycles. The Hall–Kier alpha value is -3.12. The van der Waals surface area contributed by atoms with Gasteiger partial charge in [0, 0.05) is 22.7 Å². The minimum absolute atomic E-state index is 0.0205. The Labute approximate surface area is 173 Å². The van der Waals surface area contributed by atoms with E-state index < -0.39 is 0 Å². The summed E-state index contributed by atoms with van der Waals surface area (Å²) in [4.78, 5) is 28.6. The summed E-state index contributed by atoms with van der Waals surface area (Å²) >= 11 is 1.56. The van der Waals surface area contributed by atoms with Gasteiger partial charge in [0.2, 0.25) is 5.91 Å². The number of carbonyl (C=O) groups is 2. The zero-order valence-electron chi connectivity index (χ0n) is 16.1. The number of nitrogens with one attached hydrogen (secondary N) is 1. The lowest BCUT2D eigenvalue weighted by Crippen LogP contribution is -2.31. The lowest BCUT2D eigenvalue weighted by Gasteiger charge is -2.26. The number of anilines is 1. The van der Waals surface area contributed by atoms with E-state index >= 15 is 0 Å². The average molecular weight is 407 g/mol. The van der Waals surface area contributed by atoms with Crippen molar-refractivity contribution in [1.82, 2.24) is 4.90 Å². The van der Waals surface area contributed by atoms with Crippen molar-refractivity contribution in [3.05, 3.63) is 82.0 Å². The molecule has 0 saturated carbocycles. The van der Waals surface area contributed by atoms with Crippen LogP contribution in [0.3, 0.4) is 0 Å². The predicted octanol–water partition coefficient (Wildman–Crippen LogP) is 4.87. The lowest BCUT2D eigenvalue weighted by molar-refractivity contribution is -0.117. The number of amides is 2. The smallest absolute Gasteiger partial charge is 0.255 e. The third-order valence-electron chi connectivity index (χ3n) is 4.92. The first kappa shape index (κ1) is 19.2. The van der Waals surface area contributed by atoms with Crippen LogP contribution in [-0.4, -0.2) is 23.3 Å². The monoisotopic (exact) mass is 406 g/mol. The third-order valence-corrected chi connectivity index (χ3v) is 5.90. The van der Waals surface area contributed by atoms with Crippen LogP contribution in [0.25, 0.3) is 0 Å². The summed E-state index contributed by atoms with van der Waals surface area (Å²) in [5.41, 5.74) is 2.44. The number of thiophene rings is 1. The maximum absolute atomic E-state index is 13.0. The second-order valence-electron chi connectivity index (χ2n) is 6.83. The van der Waals surface area contributed by atoms with Crippen molar-refractivity contribution in [1.29, 1.82) is 0 Å². The van der Waals surface area contributed by atoms with E-state index in [9.17, 15) is 9.59 Å². The van der Waals surface area contributed by atoms with Crippen LogP contribution in [0.1, 0.15) is 40.2 Å². The predicted molar refractivity (Wildman–Crippen MR) is 114 cm³/mol. The van der Waals surface area contributed by atoms with Crippen molar-refractivity contribution in [2.45, 2.75) is 25.9 Å². The van der Waals surface area contributed by atoms with Crippen molar-refractivity contribution >= 4 is 28.8 Å². The summed E-state index contributed by atoms with van der Waals surface area (Å²) in [6.45, 7) is 3.05. The fourth-order valence-electron chi connectivity index (χ4n) is 3.56. The molecule has 0 unspecified atom stereocenters. The molecule has 5 nitrogen and oxygen atoms in total. The molecule has 0 bridgehead atoms. The van der Waals surface area contributed by atoms with Gasteiger partial charge in [0.05, 0.1) is 19.1 Å². The number of fused-ring (bicyclic) bond motifs is 1. The fourth-order valence-corrected chi connectivity index (χ4v) is 4.40. The second kappa shape index (κ2) is 8.49. The van der Waals surface area contributed by atoms with E-state index in [-0.39, 0.29) is 24.3 Å². The molecule has 4 rings (SSSR count). The summed E-state index contributed by atoms with van der Waals surface area (Å²) in [5, 5.41) is 4.91. The fraction of sp³-hybridized carbons (Fsp3) is 0.217. The highest BCUT2D eigenvalue weighted by Crippen LogP contribution is 2.35. The van der Waals surface area contributed by atoms with Gasteiger partial charge in [-0.05, 0) is 54.3 Å². The van der Waals surface area contributed by atoms with Crippen LogP contribution >= 0.6 is 11.3 Å². The Kier molecular flexibility index (Phi) is 5.62. The van der Waals surface area contributed by atoms with Crippen molar-refractivity contribution in [3.8, 4) is 5.75 Å². The zero-order valence-corrected chi connectivity index (χ0v) is 16.9. The molecule has 2 amide bonds. The van der Waals surface area contributed by atoms with Crippen molar-refractivity contribution in [2.75, 3.05) is 11.9 Å². The van der Waals surface area contributed by atoms with Crippen molar-refractivity contribution in [3.63, 3.8) is 0 Å². The normalized spacial score (nSPS) is 13.8. The second-order valence-corrected chi connectivity index (χ2v) is 7.81. The molecular weight excluding hydrogens is 384 g/mol. The molecule has 0 spiro atoms. The number of nitrogens with zero attached hydrogens (tertiary/aromatic N) is 1. The molecule has 0 radical (unpaired) electrons. The highest BCUT2D eigenvalue weighted by molar-refractivity contribution is 7.10. The molecular formula is C23H22N2O3S. The summed E-state index contributed by atoms with van der Waals surface area (Å²) in [5.74, 6) is 0.617. The van der Waals surface area contributed by atoms with E-state index in [2.05, 4.69) is 5.32 Å². The highest BCUT2D eigenvalue weighted by Gasteiger charge is 2.34. The largest absolute Gasteiger partial charge is 0.494 e. The number of hydrogen-bond acceptors (Lipinski definition) is 4. The minimum Gasteiger partial charge on any atom is -0.494 e. The molecule has 1 aliphatic heterocycles. The summed E-state index contributed by atoms with van der Waals surface area (Å²) in [6, 6.07) is 18.6. The Bertz CT molecular complexity index is 999. The molecule has 1 N–H and O–H groups in total. The highest BCUT2D eigenvalue weighted by atomic mass is 32.1. The van der Waals surface area contributed by atoms with Crippen molar-refractivity contribution in [2.24, 2.45) is 0 Å². The van der Waals surface area contributed by atoms with E-state index in [0.29, 0.717) is 18.8 Å². The van der Waals surface area contributed by atoms with Gasteiger partial charge >= 0.3 is 0 Å². The summed E-state index contributed by atoms with van der Waals surface area (Å²) in [7, 11) is 0. The van der Waals surface area contributed by atoms with Crippen LogP contribution in [0.15, 0.2) is 66.0 Å². The third kappa shape index (κ3) is 4.17. The first-order valence-electron chi connectivity index (χ1n) is 9.60. The lowest BCUT2D eigenvalue weighted by atomic mass is 10.1. The van der Waals surface area contributed by atoms with Crippen LogP contribution < -0.4 is 10.1 Å². The van der Waals surface area contributed by atoms with Gasteiger partial charge in [-0.15, -0.1) is 11.3 Å². The molecule has 1 aliphatic rings. The summed E-state index contributed by atoms with van der Waals surface area (Å²) in [6.07, 6.45) is 0.202. The molecule has 6 heteroatoms. The van der Waals surface area contributed by atoms with Crippen LogP contribution in [0.5, 0.6) is 5.75 Å². The van der Waals surface area contributed by atoms with Gasteiger partial charge in [0.15, 0.2) is 0 Å². The first-order chi connectivity index (χ1) is 14.2. The number of benzene rings is 2.